The van der Waals surface area contributed by atoms with Crippen LogP contribution in [0.4, 0.5) is 0 Å². The van der Waals surface area contributed by atoms with Crippen molar-refractivity contribution < 1.29 is 9.63 Å². The van der Waals surface area contributed by atoms with Crippen molar-refractivity contribution in [2.45, 2.75) is 27.2 Å². The zero-order chi connectivity index (χ0) is 15.9. The third-order valence-electron chi connectivity index (χ3n) is 4.26. The van der Waals surface area contributed by atoms with E-state index in [1.165, 1.54) is 5.57 Å². The highest BCUT2D eigenvalue weighted by Gasteiger charge is 2.42. The van der Waals surface area contributed by atoms with Crippen LogP contribution in [0.5, 0.6) is 0 Å². The monoisotopic (exact) mass is 304 g/mol. The summed E-state index contributed by atoms with van der Waals surface area (Å²) in [5, 5.41) is 1.70. The third kappa shape index (κ3) is 2.18. The minimum absolute atomic E-state index is 0.0575. The Labute approximate surface area is 131 Å². The van der Waals surface area contributed by atoms with E-state index >= 15 is 0 Å². The van der Waals surface area contributed by atoms with Gasteiger partial charge in [0.2, 0.25) is 0 Å². The van der Waals surface area contributed by atoms with Gasteiger partial charge < -0.3 is 9.80 Å². The Hall–Kier alpha value is -1.95. The number of carbonyl (C=O) groups is 1. The van der Waals surface area contributed by atoms with Gasteiger partial charge in [0.1, 0.15) is 18.2 Å². The summed E-state index contributed by atoms with van der Waals surface area (Å²) in [5.74, 6) is 1.18. The summed E-state index contributed by atoms with van der Waals surface area (Å²) in [6.07, 6.45) is 4.89. The fourth-order valence-electron chi connectivity index (χ4n) is 3.27. The largest absolute Gasteiger partial charge is 0.352 e. The van der Waals surface area contributed by atoms with Crippen LogP contribution in [0.25, 0.3) is 0 Å². The van der Waals surface area contributed by atoms with Crippen LogP contribution in [0.15, 0.2) is 35.1 Å². The lowest BCUT2D eigenvalue weighted by atomic mass is 10.1. The van der Waals surface area contributed by atoms with Crippen LogP contribution in [0.1, 0.15) is 27.2 Å². The highest BCUT2D eigenvalue weighted by Crippen LogP contribution is 2.37. The SMILES string of the molecule is CCCN1C(=O)C2=CN(OC)CN2C2=C1C=C(C)CN2CC. The standard InChI is InChI=1S/C16H24N4O2/c1-5-7-19-13-8-12(3)9-17(6-2)15(13)20-11-18(22-4)10-14(20)16(19)21/h8,10H,5-7,9,11H2,1-4H3. The van der Waals surface area contributed by atoms with Crippen LogP contribution in [0.3, 0.4) is 0 Å². The number of amides is 1. The van der Waals surface area contributed by atoms with Crippen LogP contribution < -0.4 is 0 Å². The molecule has 0 aromatic heterocycles. The van der Waals surface area contributed by atoms with Gasteiger partial charge >= 0.3 is 0 Å². The number of hydroxylamine groups is 2. The second kappa shape index (κ2) is 5.68. The number of fused-ring (bicyclic) bond motifs is 2. The molecule has 3 rings (SSSR count). The lowest BCUT2D eigenvalue weighted by Gasteiger charge is -2.44. The van der Waals surface area contributed by atoms with E-state index in [0.717, 1.165) is 37.6 Å². The van der Waals surface area contributed by atoms with Crippen LogP contribution in [0, 0.1) is 0 Å². The minimum atomic E-state index is 0.0575. The molecule has 0 saturated carbocycles. The van der Waals surface area contributed by atoms with E-state index in [-0.39, 0.29) is 5.91 Å². The highest BCUT2D eigenvalue weighted by molar-refractivity contribution is 5.96. The van der Waals surface area contributed by atoms with Crippen LogP contribution in [0.2, 0.25) is 0 Å². The average Bonchev–Trinajstić information content (AvgIpc) is 2.94. The first kappa shape index (κ1) is 15.0. The van der Waals surface area contributed by atoms with Crippen molar-refractivity contribution in [2.75, 3.05) is 33.4 Å². The molecule has 1 amide bonds. The maximum Gasteiger partial charge on any atom is 0.276 e. The molecule has 6 heteroatoms. The summed E-state index contributed by atoms with van der Waals surface area (Å²) in [4.78, 5) is 24.5. The molecule has 3 aliphatic rings. The smallest absolute Gasteiger partial charge is 0.276 e. The predicted octanol–water partition coefficient (Wildman–Crippen LogP) is 1.67. The molecule has 6 nitrogen and oxygen atoms in total. The zero-order valence-corrected chi connectivity index (χ0v) is 13.8. The summed E-state index contributed by atoms with van der Waals surface area (Å²) in [7, 11) is 1.63. The van der Waals surface area contributed by atoms with Gasteiger partial charge in [0.15, 0.2) is 0 Å². The summed E-state index contributed by atoms with van der Waals surface area (Å²) in [6, 6.07) is 0. The van der Waals surface area contributed by atoms with Gasteiger partial charge in [-0.15, -0.1) is 0 Å². The number of rotatable bonds is 4. The molecule has 0 unspecified atom stereocenters. The molecule has 0 fully saturated rings. The van der Waals surface area contributed by atoms with E-state index < -0.39 is 0 Å². The van der Waals surface area contributed by atoms with Gasteiger partial charge in [-0.2, -0.15) is 0 Å². The molecule has 3 aliphatic heterocycles. The van der Waals surface area contributed by atoms with Crippen molar-refractivity contribution >= 4 is 5.91 Å². The Balaban J connectivity index is 2.11. The molecule has 0 saturated heterocycles. The molecule has 22 heavy (non-hydrogen) atoms. The average molecular weight is 304 g/mol. The summed E-state index contributed by atoms with van der Waals surface area (Å²) < 4.78 is 0. The molecule has 0 aliphatic carbocycles. The fourth-order valence-corrected chi connectivity index (χ4v) is 3.27. The number of nitrogens with zero attached hydrogens (tertiary/aromatic N) is 4. The van der Waals surface area contributed by atoms with E-state index in [1.807, 2.05) is 4.90 Å². The van der Waals surface area contributed by atoms with Crippen molar-refractivity contribution in [2.24, 2.45) is 0 Å². The maximum atomic E-state index is 12.9. The van der Waals surface area contributed by atoms with Gasteiger partial charge in [0.05, 0.1) is 19.0 Å². The lowest BCUT2D eigenvalue weighted by molar-refractivity contribution is -0.128. The summed E-state index contributed by atoms with van der Waals surface area (Å²) in [6.45, 7) is 9.47. The summed E-state index contributed by atoms with van der Waals surface area (Å²) in [5.41, 5.74) is 3.00. The number of likely N-dealkylation sites (N-methyl/N-ethyl adjacent to an activating group) is 1. The molecule has 0 radical (unpaired) electrons. The van der Waals surface area contributed by atoms with Crippen molar-refractivity contribution in [3.63, 3.8) is 0 Å². The predicted molar refractivity (Wildman–Crippen MR) is 83.7 cm³/mol. The van der Waals surface area contributed by atoms with E-state index in [4.69, 9.17) is 4.84 Å². The zero-order valence-electron chi connectivity index (χ0n) is 13.8. The number of hydrogen-bond donors (Lipinski definition) is 0. The Kier molecular flexibility index (Phi) is 3.87. The Morgan fingerprint density at radius 2 is 2.09 bits per heavy atom. The van der Waals surface area contributed by atoms with Gasteiger partial charge in [-0.3, -0.25) is 14.5 Å². The number of allylic oxidation sites excluding steroid dienone is 1. The second-order valence-electron chi connectivity index (χ2n) is 5.85. The molecular formula is C16H24N4O2. The fraction of sp³-hybridized carbons (Fsp3) is 0.562. The van der Waals surface area contributed by atoms with Crippen LogP contribution in [-0.2, 0) is 9.63 Å². The van der Waals surface area contributed by atoms with Gasteiger partial charge in [-0.1, -0.05) is 12.5 Å². The van der Waals surface area contributed by atoms with Crippen molar-refractivity contribution in [3.05, 3.63) is 35.1 Å². The third-order valence-corrected chi connectivity index (χ3v) is 4.26. The van der Waals surface area contributed by atoms with Crippen molar-refractivity contribution in [1.29, 1.82) is 0 Å². The van der Waals surface area contributed by atoms with E-state index in [0.29, 0.717) is 12.4 Å². The van der Waals surface area contributed by atoms with Gasteiger partial charge in [0.25, 0.3) is 5.91 Å². The molecule has 0 aromatic rings. The normalized spacial score (nSPS) is 21.2. The molecule has 0 bridgehead atoms. The van der Waals surface area contributed by atoms with Gasteiger partial charge in [-0.05, 0) is 26.3 Å². The first-order chi connectivity index (χ1) is 10.6. The molecular weight excluding hydrogens is 280 g/mol. The molecule has 0 N–H and O–H groups in total. The van der Waals surface area contributed by atoms with Crippen LogP contribution in [-0.4, -0.2) is 59.1 Å². The van der Waals surface area contributed by atoms with Crippen LogP contribution >= 0.6 is 0 Å². The van der Waals surface area contributed by atoms with Gasteiger partial charge in [0, 0.05) is 19.6 Å². The first-order valence-corrected chi connectivity index (χ1v) is 7.89. The van der Waals surface area contributed by atoms with Crippen molar-refractivity contribution in [3.8, 4) is 0 Å². The quantitative estimate of drug-likeness (QED) is 0.790. The summed E-state index contributed by atoms with van der Waals surface area (Å²) >= 11 is 0. The first-order valence-electron chi connectivity index (χ1n) is 7.89. The molecule has 0 atom stereocenters. The number of carbonyl (C=O) groups excluding carboxylic acids is 1. The molecule has 3 heterocycles. The molecule has 0 spiro atoms. The number of hydrogen-bond acceptors (Lipinski definition) is 5. The highest BCUT2D eigenvalue weighted by atomic mass is 16.7. The van der Waals surface area contributed by atoms with E-state index in [1.54, 1.807) is 18.4 Å². The second-order valence-corrected chi connectivity index (χ2v) is 5.85. The van der Waals surface area contributed by atoms with Gasteiger partial charge in [-0.25, -0.2) is 5.06 Å². The van der Waals surface area contributed by atoms with E-state index in [9.17, 15) is 4.79 Å². The Bertz CT molecular complexity index is 579. The Morgan fingerprint density at radius 3 is 2.73 bits per heavy atom. The molecule has 120 valence electrons. The van der Waals surface area contributed by atoms with Crippen molar-refractivity contribution in [1.82, 2.24) is 19.8 Å². The maximum absolute atomic E-state index is 12.9. The minimum Gasteiger partial charge on any atom is -0.352 e. The topological polar surface area (TPSA) is 39.3 Å². The Morgan fingerprint density at radius 1 is 1.32 bits per heavy atom. The van der Waals surface area contributed by atoms with E-state index in [2.05, 4.69) is 36.6 Å². The molecule has 0 aromatic carbocycles. The lowest BCUT2D eigenvalue weighted by Crippen LogP contribution is -2.50.